The molecule has 0 spiro atoms. The SMILES string of the molecule is COC(=O)c1ccc2c(=O)n(C[C@H]3CCCO3)c(S[C@@H](C)C(=O)OC)nc2c1. The topological polar surface area (TPSA) is 96.7 Å². The summed E-state index contributed by atoms with van der Waals surface area (Å²) in [7, 11) is 2.61. The number of hydrogen-bond donors (Lipinski definition) is 0. The molecule has 2 atom stereocenters. The predicted octanol–water partition coefficient (Wildman–Crippen LogP) is 2.02. The normalized spacial score (nSPS) is 17.5. The van der Waals surface area contributed by atoms with E-state index in [0.717, 1.165) is 24.6 Å². The number of ether oxygens (including phenoxy) is 3. The number of carbonyl (C=O) groups excluding carboxylic acids is 2. The smallest absolute Gasteiger partial charge is 0.337 e. The minimum Gasteiger partial charge on any atom is -0.468 e. The van der Waals surface area contributed by atoms with Crippen LogP contribution >= 0.6 is 11.8 Å². The molecule has 0 unspecified atom stereocenters. The molecule has 1 aromatic heterocycles. The third kappa shape index (κ3) is 4.20. The fourth-order valence-corrected chi connectivity index (χ4v) is 4.01. The first-order valence-electron chi connectivity index (χ1n) is 8.93. The molecule has 8 nitrogen and oxygen atoms in total. The Bertz CT molecular complexity index is 951. The molecule has 0 N–H and O–H groups in total. The van der Waals surface area contributed by atoms with E-state index >= 15 is 0 Å². The maximum atomic E-state index is 13.1. The van der Waals surface area contributed by atoms with Gasteiger partial charge in [-0.2, -0.15) is 0 Å². The second kappa shape index (κ2) is 8.74. The number of thioether (sulfide) groups is 1. The molecular formula is C19H22N2O6S. The van der Waals surface area contributed by atoms with E-state index in [4.69, 9.17) is 14.2 Å². The molecule has 1 saturated heterocycles. The summed E-state index contributed by atoms with van der Waals surface area (Å²) in [5.74, 6) is -0.921. The van der Waals surface area contributed by atoms with Gasteiger partial charge < -0.3 is 14.2 Å². The van der Waals surface area contributed by atoms with E-state index in [9.17, 15) is 14.4 Å². The molecule has 0 saturated carbocycles. The average molecular weight is 406 g/mol. The first-order chi connectivity index (χ1) is 13.4. The van der Waals surface area contributed by atoms with Crippen LogP contribution in [0, 0.1) is 0 Å². The Hall–Kier alpha value is -2.39. The zero-order chi connectivity index (χ0) is 20.3. The number of aromatic nitrogens is 2. The fourth-order valence-electron chi connectivity index (χ4n) is 3.06. The lowest BCUT2D eigenvalue weighted by Crippen LogP contribution is -2.30. The lowest BCUT2D eigenvalue weighted by Gasteiger charge is -2.18. The molecule has 1 aromatic carbocycles. The van der Waals surface area contributed by atoms with Gasteiger partial charge in [-0.1, -0.05) is 11.8 Å². The molecule has 2 aromatic rings. The predicted molar refractivity (Wildman–Crippen MR) is 104 cm³/mol. The molecule has 2 heterocycles. The van der Waals surface area contributed by atoms with E-state index in [1.807, 2.05) is 0 Å². The molecule has 0 radical (unpaired) electrons. The van der Waals surface area contributed by atoms with Gasteiger partial charge in [0.15, 0.2) is 5.16 Å². The van der Waals surface area contributed by atoms with E-state index < -0.39 is 17.2 Å². The van der Waals surface area contributed by atoms with Crippen molar-refractivity contribution >= 4 is 34.6 Å². The molecule has 0 bridgehead atoms. The maximum Gasteiger partial charge on any atom is 0.337 e. The van der Waals surface area contributed by atoms with E-state index in [1.54, 1.807) is 17.6 Å². The quantitative estimate of drug-likeness (QED) is 0.408. The Balaban J connectivity index is 2.09. The van der Waals surface area contributed by atoms with Crippen molar-refractivity contribution in [3.05, 3.63) is 34.1 Å². The second-order valence-corrected chi connectivity index (χ2v) is 7.76. The zero-order valence-electron chi connectivity index (χ0n) is 16.0. The van der Waals surface area contributed by atoms with Crippen LogP contribution in [0.5, 0.6) is 0 Å². The Labute approximate surface area is 166 Å². The largest absolute Gasteiger partial charge is 0.468 e. The van der Waals surface area contributed by atoms with Gasteiger partial charge in [-0.15, -0.1) is 0 Å². The van der Waals surface area contributed by atoms with E-state index in [2.05, 4.69) is 4.98 Å². The van der Waals surface area contributed by atoms with Crippen molar-refractivity contribution in [2.75, 3.05) is 20.8 Å². The van der Waals surface area contributed by atoms with Crippen molar-refractivity contribution < 1.29 is 23.8 Å². The van der Waals surface area contributed by atoms with Crippen molar-refractivity contribution in [2.24, 2.45) is 0 Å². The van der Waals surface area contributed by atoms with Crippen LogP contribution in [0.3, 0.4) is 0 Å². The molecule has 28 heavy (non-hydrogen) atoms. The third-order valence-corrected chi connectivity index (χ3v) is 5.64. The number of rotatable bonds is 6. The van der Waals surface area contributed by atoms with E-state index in [-0.39, 0.29) is 11.7 Å². The van der Waals surface area contributed by atoms with Crippen LogP contribution < -0.4 is 5.56 Å². The minimum absolute atomic E-state index is 0.0703. The summed E-state index contributed by atoms with van der Waals surface area (Å²) in [6.07, 6.45) is 1.74. The molecule has 0 amide bonds. The average Bonchev–Trinajstić information content (AvgIpc) is 3.22. The number of esters is 2. The van der Waals surface area contributed by atoms with Crippen LogP contribution in [0.25, 0.3) is 10.9 Å². The highest BCUT2D eigenvalue weighted by Gasteiger charge is 2.24. The fraction of sp³-hybridized carbons (Fsp3) is 0.474. The van der Waals surface area contributed by atoms with Gasteiger partial charge >= 0.3 is 11.9 Å². The number of carbonyl (C=O) groups is 2. The standard InChI is InChI=1S/C19H22N2O6S/c1-11(17(23)25-2)28-19-20-15-9-12(18(24)26-3)6-7-14(15)16(22)21(19)10-13-5-4-8-27-13/h6-7,9,11,13H,4-5,8,10H2,1-3H3/t11-,13+/m0/s1. The lowest BCUT2D eigenvalue weighted by molar-refractivity contribution is -0.139. The molecule has 1 aliphatic heterocycles. The lowest BCUT2D eigenvalue weighted by atomic mass is 10.1. The third-order valence-electron chi connectivity index (χ3n) is 4.57. The molecule has 0 aliphatic carbocycles. The highest BCUT2D eigenvalue weighted by atomic mass is 32.2. The van der Waals surface area contributed by atoms with Crippen LogP contribution in [0.1, 0.15) is 30.1 Å². The van der Waals surface area contributed by atoms with Gasteiger partial charge in [0, 0.05) is 6.61 Å². The van der Waals surface area contributed by atoms with E-state index in [0.29, 0.717) is 34.8 Å². The highest BCUT2D eigenvalue weighted by molar-refractivity contribution is 8.00. The van der Waals surface area contributed by atoms with Gasteiger partial charge in [-0.25, -0.2) is 9.78 Å². The van der Waals surface area contributed by atoms with Gasteiger partial charge in [0.05, 0.1) is 43.3 Å². The number of fused-ring (bicyclic) bond motifs is 1. The summed E-state index contributed by atoms with van der Waals surface area (Å²) in [5.41, 5.74) is 0.434. The summed E-state index contributed by atoms with van der Waals surface area (Å²) in [5, 5.41) is 0.225. The molecule has 3 rings (SSSR count). The summed E-state index contributed by atoms with van der Waals surface area (Å²) in [4.78, 5) is 41.4. The van der Waals surface area contributed by atoms with Crippen molar-refractivity contribution in [1.82, 2.24) is 9.55 Å². The van der Waals surface area contributed by atoms with Crippen LogP contribution in [-0.4, -0.2) is 53.7 Å². The Morgan fingerprint density at radius 2 is 2.14 bits per heavy atom. The number of hydrogen-bond acceptors (Lipinski definition) is 8. The van der Waals surface area contributed by atoms with Gasteiger partial charge in [0.25, 0.3) is 5.56 Å². The molecule has 1 fully saturated rings. The summed E-state index contributed by atoms with van der Waals surface area (Å²) in [6.45, 7) is 2.72. The molecular weight excluding hydrogens is 384 g/mol. The van der Waals surface area contributed by atoms with E-state index in [1.165, 1.54) is 26.4 Å². The number of methoxy groups -OCH3 is 2. The second-order valence-electron chi connectivity index (χ2n) is 6.45. The maximum absolute atomic E-state index is 13.1. The summed E-state index contributed by atoms with van der Waals surface area (Å²) >= 11 is 1.14. The minimum atomic E-state index is -0.547. The summed E-state index contributed by atoms with van der Waals surface area (Å²) < 4.78 is 16.7. The number of benzene rings is 1. The Morgan fingerprint density at radius 3 is 2.79 bits per heavy atom. The molecule has 1 aliphatic rings. The monoisotopic (exact) mass is 406 g/mol. The van der Waals surface area contributed by atoms with Crippen LogP contribution in [0.2, 0.25) is 0 Å². The van der Waals surface area contributed by atoms with Gasteiger partial charge in [-0.05, 0) is 38.0 Å². The van der Waals surface area contributed by atoms with Gasteiger partial charge in [-0.3, -0.25) is 14.2 Å². The zero-order valence-corrected chi connectivity index (χ0v) is 16.8. The van der Waals surface area contributed by atoms with Crippen molar-refractivity contribution in [2.45, 2.75) is 42.8 Å². The van der Waals surface area contributed by atoms with Crippen LogP contribution in [-0.2, 0) is 25.5 Å². The van der Waals surface area contributed by atoms with Crippen molar-refractivity contribution in [3.8, 4) is 0 Å². The first kappa shape index (κ1) is 20.3. The van der Waals surface area contributed by atoms with Crippen molar-refractivity contribution in [1.29, 1.82) is 0 Å². The van der Waals surface area contributed by atoms with Crippen LogP contribution in [0.4, 0.5) is 0 Å². The highest BCUT2D eigenvalue weighted by Crippen LogP contribution is 2.25. The first-order valence-corrected chi connectivity index (χ1v) is 9.81. The Kier molecular flexibility index (Phi) is 6.35. The summed E-state index contributed by atoms with van der Waals surface area (Å²) in [6, 6.07) is 4.63. The van der Waals surface area contributed by atoms with Crippen molar-refractivity contribution in [3.63, 3.8) is 0 Å². The molecule has 9 heteroatoms. The van der Waals surface area contributed by atoms with Gasteiger partial charge in [0.2, 0.25) is 0 Å². The van der Waals surface area contributed by atoms with Crippen LogP contribution in [0.15, 0.2) is 28.2 Å². The Morgan fingerprint density at radius 1 is 1.36 bits per heavy atom. The van der Waals surface area contributed by atoms with Gasteiger partial charge in [0.1, 0.15) is 5.25 Å². The number of nitrogens with zero attached hydrogens (tertiary/aromatic N) is 2. The molecule has 150 valence electrons.